The Morgan fingerprint density at radius 3 is 2.66 bits per heavy atom. The Hall–Kier alpha value is -1.19. The van der Waals surface area contributed by atoms with Crippen LogP contribution in [0, 0.1) is 0 Å². The molecule has 4 rings (SSSR count). The molecule has 2 aliphatic heterocycles. The molecular formula is C23H29BrClNO6. The fourth-order valence-corrected chi connectivity index (χ4v) is 6.09. The maximum absolute atomic E-state index is 12.2. The number of halogens is 2. The van der Waals surface area contributed by atoms with E-state index in [2.05, 4.69) is 47.1 Å². The van der Waals surface area contributed by atoms with Crippen LogP contribution in [0.1, 0.15) is 57.4 Å². The summed E-state index contributed by atoms with van der Waals surface area (Å²) in [5.74, 6) is -0.201. The second-order valence-corrected chi connectivity index (χ2v) is 10.3. The second-order valence-electron chi connectivity index (χ2n) is 8.96. The predicted molar refractivity (Wildman–Crippen MR) is 122 cm³/mol. The lowest BCUT2D eigenvalue weighted by Gasteiger charge is -2.44. The standard InChI is InChI=1S/C23H29BrClNO6/c1-3-15(16-7-5-4-6-8-16)9-10-18-20(31-18)23(29)19(24)17(11-12-22(23)13-30-22)32-21(28)26(25)14(2)27/h4-8,15,17-20,29H,3,9-13H2,1-2H3/t15?,17-,18?,19-,20?,22+,23+/m1/s1. The van der Waals surface area contributed by atoms with E-state index in [1.54, 1.807) is 0 Å². The van der Waals surface area contributed by atoms with E-state index in [9.17, 15) is 14.7 Å². The van der Waals surface area contributed by atoms with Crippen molar-refractivity contribution < 1.29 is 28.9 Å². The zero-order valence-corrected chi connectivity index (χ0v) is 20.5. The molecule has 0 aromatic heterocycles. The third-order valence-electron chi connectivity index (χ3n) is 7.07. The molecule has 2 heterocycles. The molecule has 0 radical (unpaired) electrons. The number of hydrogen-bond donors (Lipinski definition) is 1. The van der Waals surface area contributed by atoms with Gasteiger partial charge in [0.2, 0.25) is 5.91 Å². The van der Waals surface area contributed by atoms with Crippen molar-refractivity contribution in [1.29, 1.82) is 0 Å². The van der Waals surface area contributed by atoms with Gasteiger partial charge in [0, 0.05) is 18.7 Å². The van der Waals surface area contributed by atoms with Gasteiger partial charge in [-0.2, -0.15) is 4.42 Å². The monoisotopic (exact) mass is 529 g/mol. The van der Waals surface area contributed by atoms with Crippen molar-refractivity contribution in [2.45, 2.75) is 86.2 Å². The molecule has 1 aromatic carbocycles. The minimum atomic E-state index is -1.34. The lowest BCUT2D eigenvalue weighted by molar-refractivity contribution is -0.125. The molecule has 9 heteroatoms. The van der Waals surface area contributed by atoms with Crippen LogP contribution in [0.4, 0.5) is 4.79 Å². The Bertz CT molecular complexity index is 852. The summed E-state index contributed by atoms with van der Waals surface area (Å²) in [6.45, 7) is 3.79. The first-order chi connectivity index (χ1) is 15.2. The second kappa shape index (κ2) is 9.22. The number of aliphatic hydroxyl groups is 1. The van der Waals surface area contributed by atoms with E-state index in [4.69, 9.17) is 26.0 Å². The van der Waals surface area contributed by atoms with Crippen LogP contribution in [-0.2, 0) is 19.0 Å². The van der Waals surface area contributed by atoms with Gasteiger partial charge in [0.1, 0.15) is 23.4 Å². The number of epoxide rings is 2. The molecule has 3 unspecified atom stereocenters. The fraction of sp³-hybridized carbons (Fsp3) is 0.652. The first kappa shape index (κ1) is 24.0. The van der Waals surface area contributed by atoms with Crippen molar-refractivity contribution in [2.75, 3.05) is 6.61 Å². The van der Waals surface area contributed by atoms with Gasteiger partial charge in [0.05, 0.1) is 17.5 Å². The normalized spacial score (nSPS) is 36.4. The number of amides is 2. The van der Waals surface area contributed by atoms with Gasteiger partial charge in [-0.3, -0.25) is 4.79 Å². The number of rotatable bonds is 7. The quantitative estimate of drug-likeness (QED) is 0.321. The van der Waals surface area contributed by atoms with E-state index >= 15 is 0 Å². The van der Waals surface area contributed by atoms with Crippen molar-refractivity contribution in [3.05, 3.63) is 35.9 Å². The van der Waals surface area contributed by atoms with Crippen molar-refractivity contribution in [1.82, 2.24) is 4.42 Å². The number of carbonyl (C=O) groups is 2. The zero-order valence-electron chi connectivity index (χ0n) is 18.2. The summed E-state index contributed by atoms with van der Waals surface area (Å²) in [5, 5.41) is 11.8. The highest BCUT2D eigenvalue weighted by Crippen LogP contribution is 2.58. The zero-order chi connectivity index (χ0) is 23.1. The Kier molecular flexibility index (Phi) is 6.90. The summed E-state index contributed by atoms with van der Waals surface area (Å²) in [5.41, 5.74) is -0.733. The third kappa shape index (κ3) is 4.32. The number of hydrogen-bond acceptors (Lipinski definition) is 6. The number of carbonyl (C=O) groups excluding carboxylic acids is 2. The molecule has 1 saturated carbocycles. The van der Waals surface area contributed by atoms with Crippen molar-refractivity contribution in [3.8, 4) is 0 Å². The van der Waals surface area contributed by atoms with E-state index in [0.717, 1.165) is 19.3 Å². The van der Waals surface area contributed by atoms with E-state index in [-0.39, 0.29) is 6.10 Å². The minimum Gasteiger partial charge on any atom is -0.444 e. The van der Waals surface area contributed by atoms with Crippen molar-refractivity contribution in [3.63, 3.8) is 0 Å². The van der Waals surface area contributed by atoms with Crippen molar-refractivity contribution >= 4 is 39.7 Å². The highest BCUT2D eigenvalue weighted by molar-refractivity contribution is 9.09. The number of imide groups is 1. The predicted octanol–water partition coefficient (Wildman–Crippen LogP) is 4.29. The first-order valence-corrected chi connectivity index (χ1v) is 12.4. The molecule has 2 saturated heterocycles. The molecule has 7 nitrogen and oxygen atoms in total. The van der Waals surface area contributed by atoms with Crippen LogP contribution in [0.3, 0.4) is 0 Å². The summed E-state index contributed by atoms with van der Waals surface area (Å²) in [4.78, 5) is 22.9. The average Bonchev–Trinajstić information content (AvgIpc) is 3.71. The van der Waals surface area contributed by atoms with Crippen LogP contribution in [0.25, 0.3) is 0 Å². The molecule has 1 spiro atoms. The number of nitrogens with zero attached hydrogens (tertiary/aromatic N) is 1. The van der Waals surface area contributed by atoms with E-state index in [1.807, 2.05) is 6.07 Å². The highest BCUT2D eigenvalue weighted by Gasteiger charge is 2.75. The molecule has 2 amide bonds. The lowest BCUT2D eigenvalue weighted by atomic mass is 9.71. The largest absolute Gasteiger partial charge is 0.444 e. The molecule has 7 atom stereocenters. The van der Waals surface area contributed by atoms with Crippen LogP contribution >= 0.6 is 27.7 Å². The maximum Gasteiger partial charge on any atom is 0.432 e. The van der Waals surface area contributed by atoms with Gasteiger partial charge >= 0.3 is 6.09 Å². The maximum atomic E-state index is 12.2. The van der Waals surface area contributed by atoms with Gasteiger partial charge in [-0.25, -0.2) is 4.79 Å². The summed E-state index contributed by atoms with van der Waals surface area (Å²) in [7, 11) is 0. The summed E-state index contributed by atoms with van der Waals surface area (Å²) >= 11 is 9.26. The summed E-state index contributed by atoms with van der Waals surface area (Å²) < 4.78 is 17.6. The smallest absolute Gasteiger partial charge is 0.432 e. The van der Waals surface area contributed by atoms with Crippen molar-refractivity contribution in [2.24, 2.45) is 0 Å². The van der Waals surface area contributed by atoms with Gasteiger partial charge in [0.25, 0.3) is 0 Å². The minimum absolute atomic E-state index is 0.0879. The van der Waals surface area contributed by atoms with Gasteiger partial charge in [-0.1, -0.05) is 53.2 Å². The lowest BCUT2D eigenvalue weighted by Crippen LogP contribution is -2.64. The van der Waals surface area contributed by atoms with Gasteiger partial charge in [0.15, 0.2) is 0 Å². The SMILES string of the molecule is CCC(CCC1OC1[C@@]1(O)[C@H](Br)[C@H](OC(=O)N(Cl)C(C)=O)CC[C@]12CO2)c1ccccc1. The molecule has 176 valence electrons. The van der Waals surface area contributed by atoms with Crippen LogP contribution < -0.4 is 0 Å². The topological polar surface area (TPSA) is 91.9 Å². The van der Waals surface area contributed by atoms with Crippen LogP contribution in [0.5, 0.6) is 0 Å². The Morgan fingerprint density at radius 2 is 2.06 bits per heavy atom. The van der Waals surface area contributed by atoms with Crippen LogP contribution in [0.2, 0.25) is 0 Å². The molecule has 1 aliphatic carbocycles. The Labute approximate surface area is 201 Å². The first-order valence-electron chi connectivity index (χ1n) is 11.1. The molecule has 3 fully saturated rings. The molecule has 1 N–H and O–H groups in total. The third-order valence-corrected chi connectivity index (χ3v) is 8.73. The van der Waals surface area contributed by atoms with Gasteiger partial charge in [-0.05, 0) is 43.6 Å². The number of alkyl halides is 1. The van der Waals surface area contributed by atoms with Crippen LogP contribution in [0.15, 0.2) is 30.3 Å². The number of ether oxygens (including phenoxy) is 3. The van der Waals surface area contributed by atoms with Gasteiger partial charge in [-0.15, -0.1) is 0 Å². The van der Waals surface area contributed by atoms with Crippen LogP contribution in [-0.4, -0.2) is 62.5 Å². The van der Waals surface area contributed by atoms with Gasteiger partial charge < -0.3 is 19.3 Å². The fourth-order valence-electron chi connectivity index (χ4n) is 5.01. The summed E-state index contributed by atoms with van der Waals surface area (Å²) in [6, 6.07) is 10.4. The molecule has 1 aromatic rings. The molecule has 0 bridgehead atoms. The molecular weight excluding hydrogens is 502 g/mol. The van der Waals surface area contributed by atoms with E-state index in [0.29, 0.717) is 29.8 Å². The Morgan fingerprint density at radius 1 is 1.38 bits per heavy atom. The Balaban J connectivity index is 1.41. The number of benzene rings is 1. The van der Waals surface area contributed by atoms with E-state index < -0.39 is 40.2 Å². The average molecular weight is 531 g/mol. The highest BCUT2D eigenvalue weighted by atomic mass is 79.9. The van der Waals surface area contributed by atoms with E-state index in [1.165, 1.54) is 12.5 Å². The molecule has 3 aliphatic rings. The molecule has 32 heavy (non-hydrogen) atoms. The summed E-state index contributed by atoms with van der Waals surface area (Å²) in [6.07, 6.45) is 1.70.